The summed E-state index contributed by atoms with van der Waals surface area (Å²) in [5.41, 5.74) is 1.85. The van der Waals surface area contributed by atoms with E-state index in [1.165, 1.54) is 19.3 Å². The van der Waals surface area contributed by atoms with Crippen molar-refractivity contribution in [3.8, 4) is 6.07 Å². The summed E-state index contributed by atoms with van der Waals surface area (Å²) in [7, 11) is 0. The van der Waals surface area contributed by atoms with Gasteiger partial charge in [0.2, 0.25) is 0 Å². The number of carbonyl (C=O) groups is 2. The highest BCUT2D eigenvalue weighted by Gasteiger charge is 2.54. The molecule has 0 spiro atoms. The maximum absolute atomic E-state index is 13.1. The third kappa shape index (κ3) is 4.17. The van der Waals surface area contributed by atoms with E-state index in [0.717, 1.165) is 30.4 Å². The SMILES string of the molecule is Cc1ccccc1CC(=O)OCC(=O)N(CCC#N)C12CC3CC(CC(C3)C1)C2. The molecule has 0 heterocycles. The number of ether oxygens (including phenoxy) is 1. The van der Waals surface area contributed by atoms with Gasteiger partial charge in [-0.15, -0.1) is 0 Å². The van der Waals surface area contributed by atoms with Gasteiger partial charge in [-0.2, -0.15) is 5.26 Å². The van der Waals surface area contributed by atoms with Crippen molar-refractivity contribution in [2.75, 3.05) is 13.2 Å². The fourth-order valence-electron chi connectivity index (χ4n) is 6.42. The van der Waals surface area contributed by atoms with Crippen molar-refractivity contribution in [2.45, 2.75) is 63.8 Å². The van der Waals surface area contributed by atoms with Gasteiger partial charge >= 0.3 is 5.97 Å². The summed E-state index contributed by atoms with van der Waals surface area (Å²) in [6.07, 6.45) is 7.54. The van der Waals surface area contributed by atoms with Gasteiger partial charge in [0.1, 0.15) is 0 Å². The number of aryl methyl sites for hydroxylation is 1. The van der Waals surface area contributed by atoms with E-state index in [4.69, 9.17) is 10.00 Å². The van der Waals surface area contributed by atoms with Crippen molar-refractivity contribution in [2.24, 2.45) is 17.8 Å². The topological polar surface area (TPSA) is 70.4 Å². The van der Waals surface area contributed by atoms with Crippen LogP contribution in [0.3, 0.4) is 0 Å². The molecule has 0 radical (unpaired) electrons. The van der Waals surface area contributed by atoms with Crippen LogP contribution in [0.4, 0.5) is 0 Å². The zero-order valence-electron chi connectivity index (χ0n) is 17.2. The summed E-state index contributed by atoms with van der Waals surface area (Å²) in [5.74, 6) is 1.62. The second kappa shape index (κ2) is 8.18. The van der Waals surface area contributed by atoms with Crippen LogP contribution in [-0.2, 0) is 20.7 Å². The lowest BCUT2D eigenvalue weighted by Gasteiger charge is -2.60. The minimum Gasteiger partial charge on any atom is -0.455 e. The number of carbonyl (C=O) groups excluding carboxylic acids is 2. The molecule has 4 aliphatic rings. The molecule has 154 valence electrons. The van der Waals surface area contributed by atoms with Crippen molar-refractivity contribution < 1.29 is 14.3 Å². The van der Waals surface area contributed by atoms with E-state index in [-0.39, 0.29) is 30.4 Å². The Bertz CT molecular complexity index is 790. The molecule has 4 aliphatic carbocycles. The summed E-state index contributed by atoms with van der Waals surface area (Å²) in [5, 5.41) is 9.11. The number of esters is 1. The second-order valence-electron chi connectivity index (χ2n) is 9.36. The Labute approximate surface area is 173 Å². The lowest BCUT2D eigenvalue weighted by atomic mass is 9.52. The molecule has 4 saturated carbocycles. The maximum atomic E-state index is 13.1. The Kier molecular flexibility index (Phi) is 5.63. The van der Waals surface area contributed by atoms with E-state index in [1.54, 1.807) is 0 Å². The van der Waals surface area contributed by atoms with Crippen LogP contribution < -0.4 is 0 Å². The molecule has 0 N–H and O–H groups in total. The molecule has 0 aliphatic heterocycles. The highest BCUT2D eigenvalue weighted by molar-refractivity contribution is 5.82. The van der Waals surface area contributed by atoms with Crippen LogP contribution in [0.5, 0.6) is 0 Å². The first-order chi connectivity index (χ1) is 14.0. The quantitative estimate of drug-likeness (QED) is 0.660. The first kappa shape index (κ1) is 19.9. The van der Waals surface area contributed by atoms with Crippen molar-refractivity contribution in [1.29, 1.82) is 5.26 Å². The average Bonchev–Trinajstić information content (AvgIpc) is 2.67. The number of nitrogens with zero attached hydrogens (tertiary/aromatic N) is 2. The molecule has 1 aromatic carbocycles. The Morgan fingerprint density at radius 1 is 1.14 bits per heavy atom. The summed E-state index contributed by atoms with van der Waals surface area (Å²) < 4.78 is 5.37. The molecule has 4 bridgehead atoms. The molecular formula is C24H30N2O3. The first-order valence-corrected chi connectivity index (χ1v) is 10.9. The molecule has 29 heavy (non-hydrogen) atoms. The molecule has 5 rings (SSSR count). The maximum Gasteiger partial charge on any atom is 0.310 e. The Morgan fingerprint density at radius 2 is 1.76 bits per heavy atom. The highest BCUT2D eigenvalue weighted by Crippen LogP contribution is 2.57. The predicted octanol–water partition coefficient (Wildman–Crippen LogP) is 3.79. The second-order valence-corrected chi connectivity index (χ2v) is 9.36. The lowest BCUT2D eigenvalue weighted by Crippen LogP contribution is -2.62. The van der Waals surface area contributed by atoms with Crippen molar-refractivity contribution in [3.05, 3.63) is 35.4 Å². The fraction of sp³-hybridized carbons (Fsp3) is 0.625. The summed E-state index contributed by atoms with van der Waals surface area (Å²) in [4.78, 5) is 27.4. The first-order valence-electron chi connectivity index (χ1n) is 10.9. The zero-order valence-corrected chi connectivity index (χ0v) is 17.2. The Morgan fingerprint density at radius 3 is 2.34 bits per heavy atom. The summed E-state index contributed by atoms with van der Waals surface area (Å²) in [6, 6.07) is 9.90. The van der Waals surface area contributed by atoms with Gasteiger partial charge in [0, 0.05) is 12.1 Å². The summed E-state index contributed by atoms with van der Waals surface area (Å²) in [6.45, 7) is 2.18. The van der Waals surface area contributed by atoms with Crippen LogP contribution in [-0.4, -0.2) is 35.5 Å². The van der Waals surface area contributed by atoms with Crippen molar-refractivity contribution >= 4 is 11.9 Å². The van der Waals surface area contributed by atoms with Gasteiger partial charge in [-0.3, -0.25) is 9.59 Å². The highest BCUT2D eigenvalue weighted by atomic mass is 16.5. The summed E-state index contributed by atoms with van der Waals surface area (Å²) >= 11 is 0. The largest absolute Gasteiger partial charge is 0.455 e. The van der Waals surface area contributed by atoms with E-state index in [0.29, 0.717) is 30.7 Å². The smallest absolute Gasteiger partial charge is 0.310 e. The van der Waals surface area contributed by atoms with E-state index in [2.05, 4.69) is 6.07 Å². The molecule has 1 aromatic rings. The van der Waals surface area contributed by atoms with E-state index < -0.39 is 0 Å². The van der Waals surface area contributed by atoms with E-state index >= 15 is 0 Å². The molecule has 4 fully saturated rings. The van der Waals surface area contributed by atoms with Gasteiger partial charge in [0.15, 0.2) is 6.61 Å². The standard InChI is InChI=1S/C24H30N2O3/c1-17-5-2-3-6-21(17)12-23(28)29-16-22(27)26(8-4-7-25)24-13-18-9-19(14-24)11-20(10-18)15-24/h2-3,5-6,18-20H,4,8-16H2,1H3. The Hall–Kier alpha value is -2.35. The molecule has 5 nitrogen and oxygen atoms in total. The van der Waals surface area contributed by atoms with Crippen LogP contribution in [0, 0.1) is 36.0 Å². The van der Waals surface area contributed by atoms with Crippen LogP contribution in [0.15, 0.2) is 24.3 Å². The molecule has 5 heteroatoms. The minimum absolute atomic E-state index is 0.120. The van der Waals surface area contributed by atoms with Gasteiger partial charge in [0.25, 0.3) is 5.91 Å². The molecule has 1 amide bonds. The molecule has 0 aromatic heterocycles. The van der Waals surface area contributed by atoms with Crippen LogP contribution in [0.1, 0.15) is 56.1 Å². The van der Waals surface area contributed by atoms with Crippen molar-refractivity contribution in [1.82, 2.24) is 4.90 Å². The molecular weight excluding hydrogens is 364 g/mol. The number of rotatable bonds is 7. The monoisotopic (exact) mass is 394 g/mol. The third-order valence-corrected chi connectivity index (χ3v) is 7.28. The van der Waals surface area contributed by atoms with E-state index in [1.807, 2.05) is 36.1 Å². The number of nitriles is 1. The minimum atomic E-state index is -0.376. The zero-order chi connectivity index (χ0) is 20.4. The van der Waals surface area contributed by atoms with Crippen LogP contribution >= 0.6 is 0 Å². The number of amides is 1. The lowest BCUT2D eigenvalue weighted by molar-refractivity contribution is -0.162. The number of hydrogen-bond donors (Lipinski definition) is 0. The van der Waals surface area contributed by atoms with Crippen molar-refractivity contribution in [3.63, 3.8) is 0 Å². The Balaban J connectivity index is 1.41. The predicted molar refractivity (Wildman–Crippen MR) is 109 cm³/mol. The molecule has 0 unspecified atom stereocenters. The van der Waals surface area contributed by atoms with Gasteiger partial charge < -0.3 is 9.64 Å². The fourth-order valence-corrected chi connectivity index (χ4v) is 6.42. The third-order valence-electron chi connectivity index (χ3n) is 7.28. The van der Waals surface area contributed by atoms with Crippen LogP contribution in [0.2, 0.25) is 0 Å². The van der Waals surface area contributed by atoms with Crippen LogP contribution in [0.25, 0.3) is 0 Å². The molecule has 0 atom stereocenters. The number of benzene rings is 1. The van der Waals surface area contributed by atoms with Gasteiger partial charge in [-0.05, 0) is 74.3 Å². The van der Waals surface area contributed by atoms with Gasteiger partial charge in [0.05, 0.1) is 18.9 Å². The average molecular weight is 395 g/mol. The van der Waals surface area contributed by atoms with E-state index in [9.17, 15) is 9.59 Å². The van der Waals surface area contributed by atoms with Gasteiger partial charge in [-0.25, -0.2) is 0 Å². The number of hydrogen-bond acceptors (Lipinski definition) is 4. The molecule has 0 saturated heterocycles. The normalized spacial score (nSPS) is 29.3. The van der Waals surface area contributed by atoms with Gasteiger partial charge in [-0.1, -0.05) is 24.3 Å².